The molecule has 1 unspecified atom stereocenters. The summed E-state index contributed by atoms with van der Waals surface area (Å²) < 4.78 is 11.4. The normalized spacial score (nSPS) is 21.2. The van der Waals surface area contributed by atoms with Crippen LogP contribution in [0.3, 0.4) is 0 Å². The SMILES string of the molecule is COc1ccc2[nH]c3c(c2c1)CCN(CCCCOc1ccccc1)C31CCNC1. The van der Waals surface area contributed by atoms with E-state index in [-0.39, 0.29) is 5.54 Å². The smallest absolute Gasteiger partial charge is 0.119 e. The van der Waals surface area contributed by atoms with Gasteiger partial charge in [-0.3, -0.25) is 4.90 Å². The van der Waals surface area contributed by atoms with Gasteiger partial charge in [-0.2, -0.15) is 0 Å². The Morgan fingerprint density at radius 1 is 1.07 bits per heavy atom. The second kappa shape index (κ2) is 8.32. The van der Waals surface area contributed by atoms with Crippen LogP contribution in [0.2, 0.25) is 0 Å². The fourth-order valence-corrected chi connectivity index (χ4v) is 5.23. The molecule has 5 rings (SSSR count). The van der Waals surface area contributed by atoms with E-state index >= 15 is 0 Å². The van der Waals surface area contributed by atoms with Crippen LogP contribution in [0, 0.1) is 0 Å². The number of hydrogen-bond acceptors (Lipinski definition) is 4. The van der Waals surface area contributed by atoms with Crippen LogP contribution in [0.1, 0.15) is 30.5 Å². The summed E-state index contributed by atoms with van der Waals surface area (Å²) in [6.45, 7) is 5.09. The Labute approximate surface area is 178 Å². The molecular formula is C25H31N3O2. The first-order valence-corrected chi connectivity index (χ1v) is 11.1. The van der Waals surface area contributed by atoms with Gasteiger partial charge in [-0.05, 0) is 74.7 Å². The fraction of sp³-hybridized carbons (Fsp3) is 0.440. The number of hydrogen-bond donors (Lipinski definition) is 2. The van der Waals surface area contributed by atoms with E-state index in [9.17, 15) is 0 Å². The van der Waals surface area contributed by atoms with Crippen molar-refractivity contribution in [3.8, 4) is 11.5 Å². The van der Waals surface area contributed by atoms with E-state index in [2.05, 4.69) is 27.3 Å². The summed E-state index contributed by atoms with van der Waals surface area (Å²) in [7, 11) is 1.74. The number of nitrogens with one attached hydrogen (secondary N) is 2. The van der Waals surface area contributed by atoms with E-state index in [1.807, 2.05) is 36.4 Å². The van der Waals surface area contributed by atoms with E-state index in [1.165, 1.54) is 22.2 Å². The standard InChI is InChI=1S/C25H31N3O2/c1-29-20-9-10-23-22(17-20)21-11-15-28(25(24(21)27-23)12-13-26-18-25)14-5-6-16-30-19-7-3-2-4-8-19/h2-4,7-10,17,26-27H,5-6,11-16,18H2,1H3. The Morgan fingerprint density at radius 2 is 1.97 bits per heavy atom. The van der Waals surface area contributed by atoms with Crippen LogP contribution in [0.5, 0.6) is 11.5 Å². The highest BCUT2D eigenvalue weighted by Gasteiger charge is 2.46. The van der Waals surface area contributed by atoms with Crippen LogP contribution in [-0.4, -0.2) is 49.8 Å². The number of unbranched alkanes of at least 4 members (excludes halogenated alkanes) is 1. The van der Waals surface area contributed by atoms with Crippen LogP contribution in [0.15, 0.2) is 48.5 Å². The Balaban J connectivity index is 1.30. The van der Waals surface area contributed by atoms with Gasteiger partial charge in [0.2, 0.25) is 0 Å². The van der Waals surface area contributed by atoms with Gasteiger partial charge in [0, 0.05) is 29.7 Å². The summed E-state index contributed by atoms with van der Waals surface area (Å²) in [5, 5.41) is 4.96. The van der Waals surface area contributed by atoms with Crippen LogP contribution in [0.4, 0.5) is 0 Å². The molecule has 2 aromatic carbocycles. The number of aromatic nitrogens is 1. The number of ether oxygens (including phenoxy) is 2. The third kappa shape index (κ3) is 3.46. The highest BCUT2D eigenvalue weighted by molar-refractivity contribution is 5.87. The molecule has 0 bridgehead atoms. The summed E-state index contributed by atoms with van der Waals surface area (Å²) in [5.74, 6) is 1.90. The first-order chi connectivity index (χ1) is 14.8. The Bertz CT molecular complexity index is 992. The van der Waals surface area contributed by atoms with E-state index < -0.39 is 0 Å². The molecule has 5 nitrogen and oxygen atoms in total. The molecule has 3 aromatic rings. The molecule has 0 aliphatic carbocycles. The fourth-order valence-electron chi connectivity index (χ4n) is 5.23. The highest BCUT2D eigenvalue weighted by atomic mass is 16.5. The average molecular weight is 406 g/mol. The quantitative estimate of drug-likeness (QED) is 0.582. The summed E-state index contributed by atoms with van der Waals surface area (Å²) >= 11 is 0. The largest absolute Gasteiger partial charge is 0.497 e. The zero-order chi connectivity index (χ0) is 20.4. The average Bonchev–Trinajstić information content (AvgIpc) is 3.41. The number of rotatable bonds is 7. The maximum Gasteiger partial charge on any atom is 0.119 e. The highest BCUT2D eigenvalue weighted by Crippen LogP contribution is 2.43. The predicted molar refractivity (Wildman–Crippen MR) is 120 cm³/mol. The molecule has 1 spiro atoms. The Kier molecular flexibility index (Phi) is 5.40. The number of H-pyrrole nitrogens is 1. The predicted octanol–water partition coefficient (Wildman–Crippen LogP) is 4.08. The van der Waals surface area contributed by atoms with Crippen LogP contribution in [0.25, 0.3) is 10.9 Å². The molecule has 0 saturated carbocycles. The lowest BCUT2D eigenvalue weighted by Crippen LogP contribution is -2.52. The van der Waals surface area contributed by atoms with Crippen molar-refractivity contribution in [1.29, 1.82) is 0 Å². The van der Waals surface area contributed by atoms with Crippen LogP contribution in [-0.2, 0) is 12.0 Å². The molecule has 30 heavy (non-hydrogen) atoms. The van der Waals surface area contributed by atoms with Gasteiger partial charge < -0.3 is 19.8 Å². The van der Waals surface area contributed by atoms with Crippen molar-refractivity contribution in [3.63, 3.8) is 0 Å². The van der Waals surface area contributed by atoms with Crippen molar-refractivity contribution in [1.82, 2.24) is 15.2 Å². The minimum Gasteiger partial charge on any atom is -0.497 e. The topological polar surface area (TPSA) is 49.5 Å². The van der Waals surface area contributed by atoms with Crippen molar-refractivity contribution >= 4 is 10.9 Å². The van der Waals surface area contributed by atoms with E-state index in [1.54, 1.807) is 7.11 Å². The summed E-state index contributed by atoms with van der Waals surface area (Å²) in [6, 6.07) is 16.5. The lowest BCUT2D eigenvalue weighted by Gasteiger charge is -2.44. The first kappa shape index (κ1) is 19.5. The van der Waals surface area contributed by atoms with Gasteiger partial charge >= 0.3 is 0 Å². The summed E-state index contributed by atoms with van der Waals surface area (Å²) in [4.78, 5) is 6.50. The van der Waals surface area contributed by atoms with Crippen LogP contribution >= 0.6 is 0 Å². The van der Waals surface area contributed by atoms with Gasteiger partial charge in [0.05, 0.1) is 19.3 Å². The number of para-hydroxylation sites is 1. The van der Waals surface area contributed by atoms with Gasteiger partial charge in [-0.15, -0.1) is 0 Å². The molecule has 158 valence electrons. The third-order valence-electron chi connectivity index (χ3n) is 6.78. The molecule has 0 amide bonds. The summed E-state index contributed by atoms with van der Waals surface area (Å²) in [6.07, 6.45) is 4.47. The Hall–Kier alpha value is -2.50. The van der Waals surface area contributed by atoms with Gasteiger partial charge in [0.1, 0.15) is 11.5 Å². The molecular weight excluding hydrogens is 374 g/mol. The molecule has 1 fully saturated rings. The molecule has 2 aliphatic heterocycles. The molecule has 0 radical (unpaired) electrons. The molecule has 2 N–H and O–H groups in total. The number of aromatic amines is 1. The lowest BCUT2D eigenvalue weighted by molar-refractivity contribution is 0.0837. The molecule has 5 heteroatoms. The lowest BCUT2D eigenvalue weighted by atomic mass is 9.83. The van der Waals surface area contributed by atoms with Gasteiger partial charge in [-0.1, -0.05) is 18.2 Å². The van der Waals surface area contributed by atoms with Crippen molar-refractivity contribution in [2.45, 2.75) is 31.2 Å². The zero-order valence-electron chi connectivity index (χ0n) is 17.7. The Morgan fingerprint density at radius 3 is 2.77 bits per heavy atom. The van der Waals surface area contributed by atoms with Gasteiger partial charge in [-0.25, -0.2) is 0 Å². The molecule has 1 saturated heterocycles. The number of benzene rings is 2. The van der Waals surface area contributed by atoms with Crippen LogP contribution < -0.4 is 14.8 Å². The minimum atomic E-state index is 0.0835. The van der Waals surface area contributed by atoms with E-state index in [4.69, 9.17) is 9.47 Å². The molecule has 3 heterocycles. The maximum atomic E-state index is 5.88. The number of fused-ring (bicyclic) bond motifs is 4. The van der Waals surface area contributed by atoms with Gasteiger partial charge in [0.15, 0.2) is 0 Å². The molecule has 2 aliphatic rings. The van der Waals surface area contributed by atoms with Gasteiger partial charge in [0.25, 0.3) is 0 Å². The van der Waals surface area contributed by atoms with E-state index in [0.717, 1.165) is 70.0 Å². The third-order valence-corrected chi connectivity index (χ3v) is 6.78. The van der Waals surface area contributed by atoms with Crippen molar-refractivity contribution in [2.75, 3.05) is 39.9 Å². The van der Waals surface area contributed by atoms with E-state index in [0.29, 0.717) is 0 Å². The second-order valence-electron chi connectivity index (χ2n) is 8.45. The van der Waals surface area contributed by atoms with Crippen molar-refractivity contribution in [2.24, 2.45) is 0 Å². The summed E-state index contributed by atoms with van der Waals surface area (Å²) in [5.41, 5.74) is 4.21. The number of nitrogens with zero attached hydrogens (tertiary/aromatic N) is 1. The maximum absolute atomic E-state index is 5.88. The minimum absolute atomic E-state index is 0.0835. The van der Waals surface area contributed by atoms with Crippen molar-refractivity contribution < 1.29 is 9.47 Å². The molecule has 1 aromatic heterocycles. The van der Waals surface area contributed by atoms with Crippen molar-refractivity contribution in [3.05, 3.63) is 59.8 Å². The monoisotopic (exact) mass is 405 g/mol. The first-order valence-electron chi connectivity index (χ1n) is 11.1. The molecule has 1 atom stereocenters. The number of methoxy groups -OCH3 is 1. The second-order valence-corrected chi connectivity index (χ2v) is 8.45. The zero-order valence-corrected chi connectivity index (χ0v) is 17.7.